The minimum absolute atomic E-state index is 0.0615. The first-order valence-corrected chi connectivity index (χ1v) is 11.9. The van der Waals surface area contributed by atoms with Crippen molar-refractivity contribution in [3.8, 4) is 0 Å². The van der Waals surface area contributed by atoms with Gasteiger partial charge in [0.15, 0.2) is 5.78 Å². The van der Waals surface area contributed by atoms with Crippen LogP contribution < -0.4 is 0 Å². The molecule has 0 bridgehead atoms. The van der Waals surface area contributed by atoms with Crippen LogP contribution in [0.15, 0.2) is 29.2 Å². The lowest BCUT2D eigenvalue weighted by atomic mass is 10.0. The van der Waals surface area contributed by atoms with Gasteiger partial charge in [-0.15, -0.1) is 0 Å². The standard InChI is InChI=1S/C23H31FN2O5S/c1-8-25-16(5)20(15(4)21(25)23(28)31-7)22(27)17(6)26(13-14(2)3)32(29,30)19-11-9-18(24)10-12-19/h9-12,14,17H,8,13H2,1-7H3/t17-/m0/s1. The van der Waals surface area contributed by atoms with Crippen molar-refractivity contribution in [1.82, 2.24) is 8.87 Å². The van der Waals surface area contributed by atoms with E-state index in [1.165, 1.54) is 26.2 Å². The van der Waals surface area contributed by atoms with Gasteiger partial charge in [0, 0.05) is 24.3 Å². The molecule has 1 aromatic heterocycles. The van der Waals surface area contributed by atoms with E-state index in [4.69, 9.17) is 4.74 Å². The van der Waals surface area contributed by atoms with Crippen molar-refractivity contribution in [2.45, 2.75) is 59.0 Å². The number of ether oxygens (including phenoxy) is 1. The molecule has 0 saturated carbocycles. The van der Waals surface area contributed by atoms with Crippen LogP contribution in [0, 0.1) is 25.6 Å². The molecule has 1 aromatic carbocycles. The molecule has 1 heterocycles. The second-order valence-corrected chi connectivity index (χ2v) is 10.0. The van der Waals surface area contributed by atoms with Gasteiger partial charge in [-0.2, -0.15) is 4.31 Å². The summed E-state index contributed by atoms with van der Waals surface area (Å²) in [7, 11) is -2.80. The van der Waals surface area contributed by atoms with Crippen molar-refractivity contribution in [3.05, 3.63) is 52.6 Å². The van der Waals surface area contributed by atoms with Crippen LogP contribution in [0.1, 0.15) is 59.8 Å². The molecular weight excluding hydrogens is 435 g/mol. The Labute approximate surface area is 189 Å². The first kappa shape index (κ1) is 25.7. The van der Waals surface area contributed by atoms with Gasteiger partial charge in [0.2, 0.25) is 10.0 Å². The second kappa shape index (κ2) is 9.95. The van der Waals surface area contributed by atoms with Crippen LogP contribution in [0.2, 0.25) is 0 Å². The predicted molar refractivity (Wildman–Crippen MR) is 120 cm³/mol. The summed E-state index contributed by atoms with van der Waals surface area (Å²) in [6.07, 6.45) is 0. The van der Waals surface area contributed by atoms with E-state index in [0.29, 0.717) is 23.4 Å². The van der Waals surface area contributed by atoms with Crippen LogP contribution in [0.5, 0.6) is 0 Å². The highest BCUT2D eigenvalue weighted by Crippen LogP contribution is 2.28. The first-order chi connectivity index (χ1) is 14.9. The van der Waals surface area contributed by atoms with Crippen molar-refractivity contribution in [3.63, 3.8) is 0 Å². The van der Waals surface area contributed by atoms with Gasteiger partial charge in [0.25, 0.3) is 0 Å². The number of methoxy groups -OCH3 is 1. The Bertz CT molecular complexity index is 1100. The number of rotatable bonds is 9. The smallest absolute Gasteiger partial charge is 0.354 e. The van der Waals surface area contributed by atoms with Crippen LogP contribution in [0.3, 0.4) is 0 Å². The zero-order chi connectivity index (χ0) is 24.4. The van der Waals surface area contributed by atoms with Crippen molar-refractivity contribution < 1.29 is 27.1 Å². The lowest BCUT2D eigenvalue weighted by molar-refractivity contribution is 0.0587. The van der Waals surface area contributed by atoms with Crippen LogP contribution >= 0.6 is 0 Å². The van der Waals surface area contributed by atoms with Crippen molar-refractivity contribution >= 4 is 21.8 Å². The van der Waals surface area contributed by atoms with Gasteiger partial charge in [-0.3, -0.25) is 4.79 Å². The number of nitrogens with zero attached hydrogens (tertiary/aromatic N) is 2. The molecule has 9 heteroatoms. The number of carbonyl (C=O) groups excluding carboxylic acids is 2. The summed E-state index contributed by atoms with van der Waals surface area (Å²) in [5.74, 6) is -1.58. The molecule has 0 aliphatic rings. The van der Waals surface area contributed by atoms with E-state index in [1.54, 1.807) is 18.4 Å². The minimum atomic E-state index is -4.07. The molecule has 2 rings (SSSR count). The number of hydrogen-bond donors (Lipinski definition) is 0. The van der Waals surface area contributed by atoms with Gasteiger partial charge >= 0.3 is 5.97 Å². The Hall–Kier alpha value is -2.52. The van der Waals surface area contributed by atoms with Gasteiger partial charge in [0.1, 0.15) is 11.5 Å². The van der Waals surface area contributed by atoms with E-state index in [9.17, 15) is 22.4 Å². The highest BCUT2D eigenvalue weighted by molar-refractivity contribution is 7.89. The molecule has 0 aliphatic carbocycles. The summed E-state index contributed by atoms with van der Waals surface area (Å²) in [4.78, 5) is 25.8. The Morgan fingerprint density at radius 1 is 1.12 bits per heavy atom. The number of benzene rings is 1. The van der Waals surface area contributed by atoms with Gasteiger partial charge in [-0.1, -0.05) is 13.8 Å². The molecule has 7 nitrogen and oxygen atoms in total. The molecular formula is C23H31FN2O5S. The molecule has 2 aromatic rings. The molecule has 1 atom stereocenters. The predicted octanol–water partition coefficient (Wildman–Crippen LogP) is 3.97. The van der Waals surface area contributed by atoms with E-state index in [2.05, 4.69) is 0 Å². The molecule has 176 valence electrons. The van der Waals surface area contributed by atoms with E-state index < -0.39 is 33.6 Å². The minimum Gasteiger partial charge on any atom is -0.464 e. The molecule has 0 unspecified atom stereocenters. The first-order valence-electron chi connectivity index (χ1n) is 10.5. The number of carbonyl (C=O) groups is 2. The second-order valence-electron chi connectivity index (χ2n) is 8.13. The number of hydrogen-bond acceptors (Lipinski definition) is 5. The Balaban J connectivity index is 2.60. The molecule has 0 aliphatic heterocycles. The molecule has 0 amide bonds. The maximum absolute atomic E-state index is 13.6. The third kappa shape index (κ3) is 4.78. The summed E-state index contributed by atoms with van der Waals surface area (Å²) >= 11 is 0. The molecule has 0 spiro atoms. The number of aromatic nitrogens is 1. The highest BCUT2D eigenvalue weighted by Gasteiger charge is 2.37. The maximum atomic E-state index is 13.6. The fourth-order valence-electron chi connectivity index (χ4n) is 3.92. The molecule has 0 radical (unpaired) electrons. The van der Waals surface area contributed by atoms with E-state index >= 15 is 0 Å². The average Bonchev–Trinajstić information content (AvgIpc) is 2.99. The quantitative estimate of drug-likeness (QED) is 0.412. The summed E-state index contributed by atoms with van der Waals surface area (Å²) in [5.41, 5.74) is 1.62. The van der Waals surface area contributed by atoms with Gasteiger partial charge in [0.05, 0.1) is 18.0 Å². The number of sulfonamides is 1. The van der Waals surface area contributed by atoms with Crippen LogP contribution in [-0.4, -0.2) is 48.7 Å². The number of Topliss-reactive ketones (excluding diaryl/α,β-unsaturated/α-hetero) is 1. The van der Waals surface area contributed by atoms with Crippen LogP contribution in [0.4, 0.5) is 4.39 Å². The van der Waals surface area contributed by atoms with E-state index in [-0.39, 0.29) is 23.1 Å². The fourth-order valence-corrected chi connectivity index (χ4v) is 5.68. The van der Waals surface area contributed by atoms with E-state index in [0.717, 1.165) is 16.4 Å². The monoisotopic (exact) mass is 466 g/mol. The number of halogens is 1. The average molecular weight is 467 g/mol. The molecule has 32 heavy (non-hydrogen) atoms. The Kier molecular flexibility index (Phi) is 8.01. The zero-order valence-corrected chi connectivity index (χ0v) is 20.4. The zero-order valence-electron chi connectivity index (χ0n) is 19.6. The van der Waals surface area contributed by atoms with Crippen molar-refractivity contribution in [1.29, 1.82) is 0 Å². The number of esters is 1. The van der Waals surface area contributed by atoms with Gasteiger partial charge in [-0.25, -0.2) is 17.6 Å². The highest BCUT2D eigenvalue weighted by atomic mass is 32.2. The summed E-state index contributed by atoms with van der Waals surface area (Å²) < 4.78 is 47.8. The van der Waals surface area contributed by atoms with E-state index in [1.807, 2.05) is 20.8 Å². The number of ketones is 1. The summed E-state index contributed by atoms with van der Waals surface area (Å²) in [6.45, 7) is 11.0. The third-order valence-corrected chi connectivity index (χ3v) is 7.44. The maximum Gasteiger partial charge on any atom is 0.354 e. The lowest BCUT2D eigenvalue weighted by Crippen LogP contribution is -2.45. The Morgan fingerprint density at radius 2 is 1.69 bits per heavy atom. The molecule has 0 N–H and O–H groups in total. The Morgan fingerprint density at radius 3 is 2.16 bits per heavy atom. The largest absolute Gasteiger partial charge is 0.464 e. The summed E-state index contributed by atoms with van der Waals surface area (Å²) in [6, 6.07) is 3.49. The summed E-state index contributed by atoms with van der Waals surface area (Å²) in [5, 5.41) is 0. The topological polar surface area (TPSA) is 85.7 Å². The SMILES string of the molecule is CCn1c(C)c(C(=O)[C@H](C)N(CC(C)C)S(=O)(=O)c2ccc(F)cc2)c(C)c1C(=O)OC. The normalized spacial score (nSPS) is 12.9. The molecule has 0 fully saturated rings. The fraction of sp³-hybridized carbons (Fsp3) is 0.478. The van der Waals surface area contributed by atoms with Crippen LogP contribution in [0.25, 0.3) is 0 Å². The lowest BCUT2D eigenvalue weighted by Gasteiger charge is -2.29. The van der Waals surface area contributed by atoms with Gasteiger partial charge in [-0.05, 0) is 63.4 Å². The van der Waals surface area contributed by atoms with Crippen LogP contribution in [-0.2, 0) is 21.3 Å². The van der Waals surface area contributed by atoms with Gasteiger partial charge < -0.3 is 9.30 Å². The van der Waals surface area contributed by atoms with Crippen molar-refractivity contribution in [2.75, 3.05) is 13.7 Å². The van der Waals surface area contributed by atoms with Crippen molar-refractivity contribution in [2.24, 2.45) is 5.92 Å². The molecule has 0 saturated heterocycles. The third-order valence-electron chi connectivity index (χ3n) is 5.48.